The second-order valence-corrected chi connectivity index (χ2v) is 9.10. The summed E-state index contributed by atoms with van der Waals surface area (Å²) in [7, 11) is 0. The first-order chi connectivity index (χ1) is 18.0. The minimum Gasteiger partial charge on any atom is -0.479 e. The van der Waals surface area contributed by atoms with Gasteiger partial charge >= 0.3 is 5.97 Å². The van der Waals surface area contributed by atoms with Crippen molar-refractivity contribution in [3.8, 4) is 0 Å². The van der Waals surface area contributed by atoms with Crippen molar-refractivity contribution < 1.29 is 29.4 Å². The molecule has 5 unspecified atom stereocenters. The molecule has 1 aromatic rings. The highest BCUT2D eigenvalue weighted by Crippen LogP contribution is 2.16. The molecule has 1 heterocycles. The van der Waals surface area contributed by atoms with Crippen LogP contribution in [0, 0.1) is 5.41 Å². The predicted molar refractivity (Wildman–Crippen MR) is 140 cm³/mol. The van der Waals surface area contributed by atoms with E-state index in [-0.39, 0.29) is 25.2 Å². The molecule has 0 saturated carbocycles. The molecule has 1 aliphatic rings. The topological polar surface area (TPSA) is 233 Å². The summed E-state index contributed by atoms with van der Waals surface area (Å²) in [4.78, 5) is 49.1. The molecule has 13 heteroatoms. The highest BCUT2D eigenvalue weighted by atomic mass is 16.4. The van der Waals surface area contributed by atoms with Gasteiger partial charge in [0.25, 0.3) is 0 Å². The SMILES string of the molecule is CC(O)C(N)C(=O)NC(CC1=CCNC1C(=N)N)C(=O)NCCCCC(=O)NC(C(=O)O)c1ccccc1. The zero-order chi connectivity index (χ0) is 28.2. The number of amidine groups is 1. The molecule has 0 aromatic heterocycles. The monoisotopic (exact) mass is 531 g/mol. The van der Waals surface area contributed by atoms with Gasteiger partial charge < -0.3 is 42.9 Å². The molecule has 11 N–H and O–H groups in total. The Morgan fingerprint density at radius 2 is 1.82 bits per heavy atom. The van der Waals surface area contributed by atoms with Gasteiger partial charge in [0.05, 0.1) is 12.1 Å². The van der Waals surface area contributed by atoms with Gasteiger partial charge in [-0.3, -0.25) is 19.8 Å². The molecule has 3 amide bonds. The Kier molecular flexibility index (Phi) is 11.9. The second-order valence-electron chi connectivity index (χ2n) is 9.10. The first-order valence-electron chi connectivity index (χ1n) is 12.4. The van der Waals surface area contributed by atoms with Crippen molar-refractivity contribution >= 4 is 29.5 Å². The number of nitrogens with two attached hydrogens (primary N) is 2. The van der Waals surface area contributed by atoms with Crippen LogP contribution in [0.5, 0.6) is 0 Å². The van der Waals surface area contributed by atoms with Crippen LogP contribution in [0.4, 0.5) is 0 Å². The molecular weight excluding hydrogens is 494 g/mol. The van der Waals surface area contributed by atoms with Crippen molar-refractivity contribution in [1.82, 2.24) is 21.3 Å². The third kappa shape index (κ3) is 9.25. The number of carboxylic acid groups (broad SMARTS) is 1. The van der Waals surface area contributed by atoms with Crippen LogP contribution >= 0.6 is 0 Å². The van der Waals surface area contributed by atoms with E-state index in [1.54, 1.807) is 36.4 Å². The predicted octanol–water partition coefficient (Wildman–Crippen LogP) is -1.37. The molecule has 2 rings (SSSR count). The molecule has 0 bridgehead atoms. The van der Waals surface area contributed by atoms with E-state index in [9.17, 15) is 29.4 Å². The lowest BCUT2D eigenvalue weighted by Gasteiger charge is -2.24. The highest BCUT2D eigenvalue weighted by Gasteiger charge is 2.30. The first kappa shape index (κ1) is 30.4. The molecule has 38 heavy (non-hydrogen) atoms. The van der Waals surface area contributed by atoms with E-state index in [1.165, 1.54) is 6.92 Å². The fourth-order valence-electron chi connectivity index (χ4n) is 3.91. The molecule has 13 nitrogen and oxygen atoms in total. The number of aliphatic hydroxyl groups excluding tert-OH is 1. The molecule has 1 aromatic carbocycles. The Bertz CT molecular complexity index is 1030. The van der Waals surface area contributed by atoms with Crippen LogP contribution in [-0.2, 0) is 19.2 Å². The van der Waals surface area contributed by atoms with Crippen LogP contribution in [0.3, 0.4) is 0 Å². The van der Waals surface area contributed by atoms with Gasteiger partial charge in [0.2, 0.25) is 17.7 Å². The first-order valence-corrected chi connectivity index (χ1v) is 12.4. The van der Waals surface area contributed by atoms with Crippen molar-refractivity contribution in [3.63, 3.8) is 0 Å². The summed E-state index contributed by atoms with van der Waals surface area (Å²) in [5.41, 5.74) is 12.5. The Hall–Kier alpha value is -3.81. The number of rotatable bonds is 15. The largest absolute Gasteiger partial charge is 0.479 e. The summed E-state index contributed by atoms with van der Waals surface area (Å²) < 4.78 is 0. The van der Waals surface area contributed by atoms with Gasteiger partial charge in [0.1, 0.15) is 17.9 Å². The number of benzene rings is 1. The summed E-state index contributed by atoms with van der Waals surface area (Å²) in [6.45, 7) is 2.03. The lowest BCUT2D eigenvalue weighted by Crippen LogP contribution is -2.55. The number of amides is 3. The number of carbonyl (C=O) groups is 4. The average molecular weight is 532 g/mol. The number of aliphatic carboxylic acids is 1. The van der Waals surface area contributed by atoms with Crippen LogP contribution in [0.1, 0.15) is 44.2 Å². The van der Waals surface area contributed by atoms with Gasteiger partial charge in [-0.1, -0.05) is 36.4 Å². The van der Waals surface area contributed by atoms with Gasteiger partial charge in [0, 0.05) is 19.5 Å². The molecule has 1 aliphatic heterocycles. The highest BCUT2D eigenvalue weighted by molar-refractivity contribution is 5.91. The number of hydrogen-bond acceptors (Lipinski definition) is 8. The van der Waals surface area contributed by atoms with Crippen molar-refractivity contribution in [2.24, 2.45) is 11.5 Å². The third-order valence-electron chi connectivity index (χ3n) is 6.08. The van der Waals surface area contributed by atoms with Crippen molar-refractivity contribution in [3.05, 3.63) is 47.5 Å². The lowest BCUT2D eigenvalue weighted by atomic mass is 9.99. The number of carbonyl (C=O) groups excluding carboxylic acids is 3. The average Bonchev–Trinajstić information content (AvgIpc) is 3.34. The van der Waals surface area contributed by atoms with E-state index in [0.29, 0.717) is 30.5 Å². The van der Waals surface area contributed by atoms with Gasteiger partial charge in [-0.2, -0.15) is 0 Å². The minimum absolute atomic E-state index is 0.0642. The van der Waals surface area contributed by atoms with E-state index in [4.69, 9.17) is 16.9 Å². The summed E-state index contributed by atoms with van der Waals surface area (Å²) in [6.07, 6.45) is 1.64. The Balaban J connectivity index is 1.88. The van der Waals surface area contributed by atoms with Gasteiger partial charge in [-0.25, -0.2) is 4.79 Å². The maximum atomic E-state index is 12.9. The van der Waals surface area contributed by atoms with Crippen molar-refractivity contribution in [1.29, 1.82) is 5.41 Å². The number of aliphatic hydroxyl groups is 1. The molecule has 0 fully saturated rings. The molecular formula is C25H37N7O6. The minimum atomic E-state index is -1.23. The maximum absolute atomic E-state index is 12.9. The molecule has 0 radical (unpaired) electrons. The van der Waals surface area contributed by atoms with E-state index >= 15 is 0 Å². The standard InChI is InChI=1S/C25H37N7O6/c1-14(33)19(26)24(36)31-17(13-16-10-12-29-20(16)22(27)28)23(35)30-11-6-5-9-18(34)32-21(25(37)38)15-7-3-2-4-8-15/h2-4,7-8,10,14,17,19-21,29,33H,5-6,9,11-13,26H2,1H3,(H3,27,28)(H,30,35)(H,31,36)(H,32,34)(H,37,38). The second kappa shape index (κ2) is 14.8. The van der Waals surface area contributed by atoms with Crippen LogP contribution < -0.4 is 32.7 Å². The van der Waals surface area contributed by atoms with E-state index < -0.39 is 54.0 Å². The van der Waals surface area contributed by atoms with Crippen LogP contribution in [-0.4, -0.2) is 77.1 Å². The van der Waals surface area contributed by atoms with Crippen LogP contribution in [0.25, 0.3) is 0 Å². The summed E-state index contributed by atoms with van der Waals surface area (Å²) >= 11 is 0. The Morgan fingerprint density at radius 3 is 2.42 bits per heavy atom. The molecule has 208 valence electrons. The van der Waals surface area contributed by atoms with E-state index in [1.807, 2.05) is 0 Å². The smallest absolute Gasteiger partial charge is 0.330 e. The number of unbranched alkanes of at least 4 members (excludes halogenated alkanes) is 1. The molecule has 0 spiro atoms. The van der Waals surface area contributed by atoms with E-state index in [0.717, 1.165) is 0 Å². The quantitative estimate of drug-likeness (QED) is 0.0561. The lowest BCUT2D eigenvalue weighted by molar-refractivity contribution is -0.142. The number of nitrogens with one attached hydrogen (secondary N) is 5. The normalized spacial score (nSPS) is 17.9. The van der Waals surface area contributed by atoms with Gasteiger partial charge in [-0.15, -0.1) is 0 Å². The molecule has 0 saturated heterocycles. The number of carboxylic acids is 1. The van der Waals surface area contributed by atoms with Crippen molar-refractivity contribution in [2.75, 3.05) is 13.1 Å². The molecule has 0 aliphatic carbocycles. The summed E-state index contributed by atoms with van der Waals surface area (Å²) in [5, 5.41) is 37.6. The van der Waals surface area contributed by atoms with Gasteiger partial charge in [-0.05, 0) is 37.3 Å². The zero-order valence-electron chi connectivity index (χ0n) is 21.3. The fourth-order valence-corrected chi connectivity index (χ4v) is 3.91. The summed E-state index contributed by atoms with van der Waals surface area (Å²) in [5.74, 6) is -2.91. The fraction of sp³-hybridized carbons (Fsp3) is 0.480. The van der Waals surface area contributed by atoms with Crippen molar-refractivity contribution in [2.45, 2.75) is 62.9 Å². The Morgan fingerprint density at radius 1 is 1.13 bits per heavy atom. The molecule has 5 atom stereocenters. The summed E-state index contributed by atoms with van der Waals surface area (Å²) in [6, 6.07) is 4.42. The third-order valence-corrected chi connectivity index (χ3v) is 6.08. The maximum Gasteiger partial charge on any atom is 0.330 e. The number of hydrogen-bond donors (Lipinski definition) is 9. The van der Waals surface area contributed by atoms with Crippen LogP contribution in [0.2, 0.25) is 0 Å². The van der Waals surface area contributed by atoms with Crippen LogP contribution in [0.15, 0.2) is 42.0 Å². The Labute approximate surface area is 220 Å². The van der Waals surface area contributed by atoms with E-state index in [2.05, 4.69) is 21.3 Å². The van der Waals surface area contributed by atoms with Gasteiger partial charge in [0.15, 0.2) is 6.04 Å². The zero-order valence-corrected chi connectivity index (χ0v) is 21.3.